The predicted molar refractivity (Wildman–Crippen MR) is 158 cm³/mol. The zero-order chi connectivity index (χ0) is 31.2. The molecule has 0 aliphatic heterocycles. The topological polar surface area (TPSA) is 218 Å². The highest BCUT2D eigenvalue weighted by Crippen LogP contribution is 2.17. The van der Waals surface area contributed by atoms with Gasteiger partial charge in [-0.05, 0) is 37.1 Å². The number of methoxy groups -OCH3 is 1. The van der Waals surface area contributed by atoms with Crippen molar-refractivity contribution < 1.29 is 28.6 Å². The number of esters is 1. The lowest BCUT2D eigenvalue weighted by molar-refractivity contribution is -0.143. The maximum atomic E-state index is 12.9. The Labute approximate surface area is 248 Å². The van der Waals surface area contributed by atoms with E-state index in [0.717, 1.165) is 5.69 Å². The van der Waals surface area contributed by atoms with Crippen LogP contribution in [-0.2, 0) is 30.3 Å². The Morgan fingerprint density at radius 1 is 1.05 bits per heavy atom. The first-order valence-electron chi connectivity index (χ1n) is 13.8. The molecule has 1 amide bonds. The van der Waals surface area contributed by atoms with Gasteiger partial charge in [0.2, 0.25) is 5.95 Å². The average Bonchev–Trinajstić information content (AvgIpc) is 3.00. The molecular formula is C28H38N8O7. The molecule has 2 heterocycles. The number of aromatic nitrogens is 4. The van der Waals surface area contributed by atoms with Crippen LogP contribution in [-0.4, -0.2) is 90.8 Å². The van der Waals surface area contributed by atoms with Crippen molar-refractivity contribution >= 4 is 40.5 Å². The highest BCUT2D eigenvalue weighted by atomic mass is 16.5. The van der Waals surface area contributed by atoms with E-state index >= 15 is 0 Å². The van der Waals surface area contributed by atoms with E-state index in [9.17, 15) is 19.2 Å². The van der Waals surface area contributed by atoms with Gasteiger partial charge < -0.3 is 35.9 Å². The Hall–Kier alpha value is -4.47. The number of nitrogens with two attached hydrogens (primary N) is 2. The summed E-state index contributed by atoms with van der Waals surface area (Å²) in [5.41, 5.74) is 12.3. The number of ketones is 1. The van der Waals surface area contributed by atoms with Gasteiger partial charge in [0.1, 0.15) is 11.8 Å². The number of benzene rings is 1. The quantitative estimate of drug-likeness (QED) is 0.115. The van der Waals surface area contributed by atoms with Gasteiger partial charge in [-0.2, -0.15) is 4.98 Å². The molecule has 6 N–H and O–H groups in total. The maximum absolute atomic E-state index is 12.9. The van der Waals surface area contributed by atoms with E-state index in [-0.39, 0.29) is 35.7 Å². The monoisotopic (exact) mass is 598 g/mol. The number of ether oxygens (including phenoxy) is 3. The van der Waals surface area contributed by atoms with Crippen LogP contribution in [0.1, 0.15) is 41.7 Å². The molecule has 0 fully saturated rings. The van der Waals surface area contributed by atoms with Crippen LogP contribution in [0.5, 0.6) is 0 Å². The average molecular weight is 599 g/mol. The number of rotatable bonds is 18. The van der Waals surface area contributed by atoms with E-state index in [0.29, 0.717) is 63.6 Å². The summed E-state index contributed by atoms with van der Waals surface area (Å²) in [7, 11) is 3.05. The predicted octanol–water partition coefficient (Wildman–Crippen LogP) is 0.325. The van der Waals surface area contributed by atoms with Gasteiger partial charge in [0, 0.05) is 44.3 Å². The number of H-pyrrole nitrogens is 1. The number of fused-ring (bicyclic) bond motifs is 1. The SMILES string of the molecule is COC(=O)C(CCC(=O)CCCOCCOCCN)NC(=O)c1ccc(N(C)Cc2cnc3nc(N)[nH]c(=O)c3n2)cc1. The van der Waals surface area contributed by atoms with Gasteiger partial charge in [-0.15, -0.1) is 0 Å². The summed E-state index contributed by atoms with van der Waals surface area (Å²) in [6.45, 7) is 2.55. The number of carbonyl (C=O) groups excluding carboxylic acids is 3. The fraction of sp³-hybridized carbons (Fsp3) is 0.464. The number of carbonyl (C=O) groups is 3. The normalized spacial score (nSPS) is 11.7. The number of hydrogen-bond donors (Lipinski definition) is 4. The standard InChI is InChI=1S/C28H38N8O7/c1-36(17-19-16-31-24-23(32-19)26(39)35-28(30)34-24)20-7-5-18(6-8-20)25(38)33-22(27(40)41-2)10-9-21(37)4-3-12-42-14-15-43-13-11-29/h5-8,16,22H,3-4,9-15,17,29H2,1-2H3,(H,33,38)(H3,30,31,34,35,39). The molecule has 3 aromatic rings. The van der Waals surface area contributed by atoms with Crippen molar-refractivity contribution in [3.8, 4) is 0 Å². The summed E-state index contributed by atoms with van der Waals surface area (Å²) in [5, 5.41) is 2.66. The van der Waals surface area contributed by atoms with Crippen LogP contribution in [0.15, 0.2) is 35.3 Å². The summed E-state index contributed by atoms with van der Waals surface area (Å²) in [4.78, 5) is 66.4. The Bertz CT molecular complexity index is 1430. The molecule has 232 valence electrons. The lowest BCUT2D eigenvalue weighted by Gasteiger charge is -2.20. The first-order valence-corrected chi connectivity index (χ1v) is 13.8. The molecule has 43 heavy (non-hydrogen) atoms. The fourth-order valence-corrected chi connectivity index (χ4v) is 4.09. The number of hydrogen-bond acceptors (Lipinski definition) is 13. The number of anilines is 2. The van der Waals surface area contributed by atoms with E-state index < -0.39 is 23.5 Å². The molecule has 0 saturated heterocycles. The van der Waals surface area contributed by atoms with Crippen molar-refractivity contribution in [2.45, 2.75) is 38.3 Å². The molecule has 0 bridgehead atoms. The molecule has 0 aliphatic rings. The molecule has 2 aromatic heterocycles. The second-order valence-corrected chi connectivity index (χ2v) is 9.63. The van der Waals surface area contributed by atoms with Gasteiger partial charge >= 0.3 is 5.97 Å². The van der Waals surface area contributed by atoms with Crippen LogP contribution in [0.2, 0.25) is 0 Å². The molecule has 0 radical (unpaired) electrons. The number of nitrogens with zero attached hydrogens (tertiary/aromatic N) is 4. The Kier molecular flexibility index (Phi) is 12.9. The van der Waals surface area contributed by atoms with Gasteiger partial charge in [0.25, 0.3) is 11.5 Å². The third kappa shape index (κ3) is 10.4. The summed E-state index contributed by atoms with van der Waals surface area (Å²) < 4.78 is 15.5. The van der Waals surface area contributed by atoms with Crippen molar-refractivity contribution in [3.63, 3.8) is 0 Å². The number of Topliss-reactive ketones (excluding diaryl/α,β-unsaturated/α-hetero) is 1. The summed E-state index contributed by atoms with van der Waals surface area (Å²) >= 11 is 0. The minimum absolute atomic E-state index is 0.0365. The summed E-state index contributed by atoms with van der Waals surface area (Å²) in [6.07, 6.45) is 2.58. The minimum atomic E-state index is -0.973. The zero-order valence-corrected chi connectivity index (χ0v) is 24.3. The maximum Gasteiger partial charge on any atom is 0.328 e. The first-order chi connectivity index (χ1) is 20.7. The smallest absolute Gasteiger partial charge is 0.328 e. The van der Waals surface area contributed by atoms with E-state index in [1.807, 2.05) is 11.9 Å². The van der Waals surface area contributed by atoms with E-state index in [1.165, 1.54) is 13.3 Å². The zero-order valence-electron chi connectivity index (χ0n) is 24.3. The van der Waals surface area contributed by atoms with Crippen LogP contribution < -0.4 is 27.2 Å². The molecule has 1 atom stereocenters. The Balaban J connectivity index is 1.49. The molecular weight excluding hydrogens is 560 g/mol. The van der Waals surface area contributed by atoms with Gasteiger partial charge in [-0.3, -0.25) is 19.4 Å². The van der Waals surface area contributed by atoms with Crippen molar-refractivity contribution in [2.24, 2.45) is 5.73 Å². The Morgan fingerprint density at radius 3 is 2.47 bits per heavy atom. The van der Waals surface area contributed by atoms with Crippen molar-refractivity contribution in [2.75, 3.05) is 57.8 Å². The van der Waals surface area contributed by atoms with Gasteiger partial charge in [0.05, 0.1) is 45.4 Å². The van der Waals surface area contributed by atoms with Crippen LogP contribution in [0.4, 0.5) is 11.6 Å². The van der Waals surface area contributed by atoms with Crippen molar-refractivity contribution in [1.29, 1.82) is 0 Å². The second-order valence-electron chi connectivity index (χ2n) is 9.63. The largest absolute Gasteiger partial charge is 0.467 e. The van der Waals surface area contributed by atoms with Gasteiger partial charge in [0.15, 0.2) is 11.2 Å². The van der Waals surface area contributed by atoms with E-state index in [4.69, 9.17) is 25.7 Å². The van der Waals surface area contributed by atoms with Gasteiger partial charge in [-0.25, -0.2) is 14.8 Å². The molecule has 3 rings (SSSR count). The van der Waals surface area contributed by atoms with Crippen molar-refractivity contribution in [1.82, 2.24) is 25.3 Å². The van der Waals surface area contributed by atoms with Crippen LogP contribution in [0, 0.1) is 0 Å². The number of nitrogen functional groups attached to an aromatic ring is 1. The molecule has 15 nitrogen and oxygen atoms in total. The highest BCUT2D eigenvalue weighted by Gasteiger charge is 2.23. The second kappa shape index (κ2) is 16.8. The first kappa shape index (κ1) is 33.0. The van der Waals surface area contributed by atoms with Gasteiger partial charge in [-0.1, -0.05) is 0 Å². The number of amides is 1. The Morgan fingerprint density at radius 2 is 1.77 bits per heavy atom. The highest BCUT2D eigenvalue weighted by molar-refractivity contribution is 5.97. The molecule has 1 unspecified atom stereocenters. The lowest BCUT2D eigenvalue weighted by atomic mass is 10.1. The number of aromatic amines is 1. The molecule has 0 saturated carbocycles. The molecule has 15 heteroatoms. The lowest BCUT2D eigenvalue weighted by Crippen LogP contribution is -2.41. The van der Waals surface area contributed by atoms with E-state index in [2.05, 4.69) is 25.3 Å². The van der Waals surface area contributed by atoms with Crippen LogP contribution >= 0.6 is 0 Å². The summed E-state index contributed by atoms with van der Waals surface area (Å²) in [5.74, 6) is -1.19. The molecule has 1 aromatic carbocycles. The minimum Gasteiger partial charge on any atom is -0.467 e. The van der Waals surface area contributed by atoms with Crippen molar-refractivity contribution in [3.05, 3.63) is 52.1 Å². The van der Waals surface area contributed by atoms with Crippen LogP contribution in [0.3, 0.4) is 0 Å². The van der Waals surface area contributed by atoms with Crippen LogP contribution in [0.25, 0.3) is 11.2 Å². The molecule has 0 aliphatic carbocycles. The van der Waals surface area contributed by atoms with E-state index in [1.54, 1.807) is 24.3 Å². The third-order valence-electron chi connectivity index (χ3n) is 6.34. The fourth-order valence-electron chi connectivity index (χ4n) is 4.09. The number of nitrogens with one attached hydrogen (secondary N) is 2. The molecule has 0 spiro atoms. The third-order valence-corrected chi connectivity index (χ3v) is 6.34. The summed E-state index contributed by atoms with van der Waals surface area (Å²) in [6, 6.07) is 5.73.